The Morgan fingerprint density at radius 2 is 1.96 bits per heavy atom. The van der Waals surface area contributed by atoms with Crippen LogP contribution < -0.4 is 9.47 Å². The Hall–Kier alpha value is -1.27. The summed E-state index contributed by atoms with van der Waals surface area (Å²) in [5, 5.41) is 0.683. The first-order chi connectivity index (χ1) is 11.5. The first-order valence-electron chi connectivity index (χ1n) is 7.86. The van der Waals surface area contributed by atoms with Crippen molar-refractivity contribution >= 4 is 40.2 Å². The molecule has 0 aliphatic rings. The highest BCUT2D eigenvalue weighted by Crippen LogP contribution is 2.30. The van der Waals surface area contributed by atoms with Crippen LogP contribution in [0.2, 0.25) is 5.02 Å². The summed E-state index contributed by atoms with van der Waals surface area (Å²) < 4.78 is 12.4. The molecule has 0 aliphatic heterocycles. The van der Waals surface area contributed by atoms with Gasteiger partial charge in [0.2, 0.25) is 0 Å². The van der Waals surface area contributed by atoms with Crippen LogP contribution in [0.15, 0.2) is 30.3 Å². The first kappa shape index (κ1) is 19.1. The Morgan fingerprint density at radius 3 is 2.62 bits per heavy atom. The SMILES string of the molecule is CCC(=O)Oc1cccc(I)c1COc1cc(Cl)c(C)cc1CC. The highest BCUT2D eigenvalue weighted by Gasteiger charge is 2.13. The van der Waals surface area contributed by atoms with E-state index in [0.29, 0.717) is 23.8 Å². The molecule has 0 saturated carbocycles. The van der Waals surface area contributed by atoms with Crippen LogP contribution >= 0.6 is 34.2 Å². The van der Waals surface area contributed by atoms with E-state index in [2.05, 4.69) is 29.5 Å². The quantitative estimate of drug-likeness (QED) is 0.316. The fraction of sp³-hybridized carbons (Fsp3) is 0.316. The van der Waals surface area contributed by atoms with E-state index in [9.17, 15) is 4.79 Å². The number of hydrogen-bond acceptors (Lipinski definition) is 3. The van der Waals surface area contributed by atoms with Crippen molar-refractivity contribution in [1.29, 1.82) is 0 Å². The summed E-state index contributed by atoms with van der Waals surface area (Å²) in [5.41, 5.74) is 3.00. The van der Waals surface area contributed by atoms with Gasteiger partial charge in [0.25, 0.3) is 0 Å². The molecule has 0 aliphatic carbocycles. The maximum absolute atomic E-state index is 11.6. The molecule has 0 spiro atoms. The van der Waals surface area contributed by atoms with Crippen molar-refractivity contribution in [2.24, 2.45) is 0 Å². The van der Waals surface area contributed by atoms with Crippen molar-refractivity contribution in [3.8, 4) is 11.5 Å². The predicted octanol–water partition coefficient (Wildman–Crippen LogP) is 5.71. The molecule has 0 N–H and O–H groups in total. The molecule has 0 bridgehead atoms. The molecule has 0 saturated heterocycles. The zero-order valence-electron chi connectivity index (χ0n) is 14.0. The number of benzene rings is 2. The minimum atomic E-state index is -0.258. The Morgan fingerprint density at radius 1 is 1.21 bits per heavy atom. The Bertz CT molecular complexity index is 744. The zero-order valence-corrected chi connectivity index (χ0v) is 16.9. The van der Waals surface area contributed by atoms with E-state index in [1.165, 1.54) is 0 Å². The molecule has 0 aromatic heterocycles. The van der Waals surface area contributed by atoms with Gasteiger partial charge in [-0.15, -0.1) is 0 Å². The monoisotopic (exact) mass is 458 g/mol. The van der Waals surface area contributed by atoms with Crippen LogP contribution in [0.3, 0.4) is 0 Å². The van der Waals surface area contributed by atoms with Gasteiger partial charge in [-0.2, -0.15) is 0 Å². The number of esters is 1. The lowest BCUT2D eigenvalue weighted by atomic mass is 10.1. The normalized spacial score (nSPS) is 10.5. The lowest BCUT2D eigenvalue weighted by Gasteiger charge is -2.15. The zero-order chi connectivity index (χ0) is 17.7. The van der Waals surface area contributed by atoms with Gasteiger partial charge in [-0.3, -0.25) is 4.79 Å². The Labute approximate surface area is 161 Å². The predicted molar refractivity (Wildman–Crippen MR) is 105 cm³/mol. The van der Waals surface area contributed by atoms with E-state index in [4.69, 9.17) is 21.1 Å². The first-order valence-corrected chi connectivity index (χ1v) is 9.31. The lowest BCUT2D eigenvalue weighted by molar-refractivity contribution is -0.134. The third-order valence-electron chi connectivity index (χ3n) is 3.68. The third-order valence-corrected chi connectivity index (χ3v) is 5.10. The smallest absolute Gasteiger partial charge is 0.310 e. The number of rotatable bonds is 6. The molecule has 0 atom stereocenters. The van der Waals surface area contributed by atoms with Crippen LogP contribution in [0.5, 0.6) is 11.5 Å². The summed E-state index contributed by atoms with van der Waals surface area (Å²) in [6.07, 6.45) is 1.19. The Balaban J connectivity index is 2.26. The molecule has 0 unspecified atom stereocenters. The molecule has 2 rings (SSSR count). The van der Waals surface area contributed by atoms with Crippen LogP contribution in [0.1, 0.15) is 37.0 Å². The highest BCUT2D eigenvalue weighted by molar-refractivity contribution is 14.1. The van der Waals surface area contributed by atoms with Crippen molar-refractivity contribution in [3.05, 3.63) is 55.6 Å². The Kier molecular flexibility index (Phi) is 6.92. The van der Waals surface area contributed by atoms with Crippen molar-refractivity contribution < 1.29 is 14.3 Å². The van der Waals surface area contributed by atoms with E-state index < -0.39 is 0 Å². The fourth-order valence-electron chi connectivity index (χ4n) is 2.25. The van der Waals surface area contributed by atoms with Crippen molar-refractivity contribution in [3.63, 3.8) is 0 Å². The highest BCUT2D eigenvalue weighted by atomic mass is 127. The van der Waals surface area contributed by atoms with Crippen LogP contribution in [-0.4, -0.2) is 5.97 Å². The van der Waals surface area contributed by atoms with Crippen molar-refractivity contribution in [2.45, 2.75) is 40.2 Å². The number of carbonyl (C=O) groups is 1. The van der Waals surface area contributed by atoms with Crippen LogP contribution in [-0.2, 0) is 17.8 Å². The molecule has 0 heterocycles. The van der Waals surface area contributed by atoms with E-state index >= 15 is 0 Å². The fourth-order valence-corrected chi connectivity index (χ4v) is 3.04. The van der Waals surface area contributed by atoms with Gasteiger partial charge in [-0.1, -0.05) is 37.6 Å². The molecular formula is C19H20ClIO3. The molecule has 2 aromatic carbocycles. The number of aryl methyl sites for hydroxylation is 2. The van der Waals surface area contributed by atoms with E-state index in [1.54, 1.807) is 13.0 Å². The average molecular weight is 459 g/mol. The van der Waals surface area contributed by atoms with Crippen LogP contribution in [0, 0.1) is 10.5 Å². The minimum absolute atomic E-state index is 0.258. The summed E-state index contributed by atoms with van der Waals surface area (Å²) in [5.74, 6) is 1.05. The van der Waals surface area contributed by atoms with E-state index in [0.717, 1.165) is 32.4 Å². The van der Waals surface area contributed by atoms with Crippen molar-refractivity contribution in [2.75, 3.05) is 0 Å². The largest absolute Gasteiger partial charge is 0.488 e. The van der Waals surface area contributed by atoms with Gasteiger partial charge in [0.05, 0.1) is 0 Å². The van der Waals surface area contributed by atoms with Crippen molar-refractivity contribution in [1.82, 2.24) is 0 Å². The van der Waals surface area contributed by atoms with Gasteiger partial charge in [0.1, 0.15) is 18.1 Å². The summed E-state index contributed by atoms with van der Waals surface area (Å²) in [6.45, 7) is 6.15. The maximum Gasteiger partial charge on any atom is 0.310 e. The molecule has 0 fully saturated rings. The molecule has 3 nitrogen and oxygen atoms in total. The van der Waals surface area contributed by atoms with Gasteiger partial charge in [-0.05, 0) is 65.3 Å². The number of ether oxygens (including phenoxy) is 2. The van der Waals surface area contributed by atoms with Gasteiger partial charge in [0.15, 0.2) is 0 Å². The number of carbonyl (C=O) groups excluding carboxylic acids is 1. The summed E-state index contributed by atoms with van der Waals surface area (Å²) in [4.78, 5) is 11.6. The van der Waals surface area contributed by atoms with Gasteiger partial charge < -0.3 is 9.47 Å². The molecule has 2 aromatic rings. The standard InChI is InChI=1S/C19H20ClIO3/c1-4-13-9-12(3)15(20)10-18(13)23-11-14-16(21)7-6-8-17(14)24-19(22)5-2/h6-10H,4-5,11H2,1-3H3. The summed E-state index contributed by atoms with van der Waals surface area (Å²) in [6, 6.07) is 9.52. The molecule has 0 radical (unpaired) electrons. The lowest BCUT2D eigenvalue weighted by Crippen LogP contribution is -2.10. The topological polar surface area (TPSA) is 35.5 Å². The van der Waals surface area contributed by atoms with Crippen LogP contribution in [0.4, 0.5) is 0 Å². The third kappa shape index (κ3) is 4.63. The average Bonchev–Trinajstić information content (AvgIpc) is 2.56. The molecule has 5 heteroatoms. The number of hydrogen-bond donors (Lipinski definition) is 0. The molecule has 0 amide bonds. The summed E-state index contributed by atoms with van der Waals surface area (Å²) in [7, 11) is 0. The molecular weight excluding hydrogens is 439 g/mol. The van der Waals surface area contributed by atoms with Gasteiger partial charge >= 0.3 is 5.97 Å². The van der Waals surface area contributed by atoms with Gasteiger partial charge in [0, 0.05) is 20.6 Å². The van der Waals surface area contributed by atoms with E-state index in [-0.39, 0.29) is 5.97 Å². The second-order valence-electron chi connectivity index (χ2n) is 5.40. The molecule has 24 heavy (non-hydrogen) atoms. The second-order valence-corrected chi connectivity index (χ2v) is 6.96. The second kappa shape index (κ2) is 8.72. The number of halogens is 2. The van der Waals surface area contributed by atoms with E-state index in [1.807, 2.05) is 31.2 Å². The molecule has 128 valence electrons. The van der Waals surface area contributed by atoms with Gasteiger partial charge in [-0.25, -0.2) is 0 Å². The minimum Gasteiger partial charge on any atom is -0.488 e. The van der Waals surface area contributed by atoms with Crippen LogP contribution in [0.25, 0.3) is 0 Å². The maximum atomic E-state index is 11.6. The summed E-state index contributed by atoms with van der Waals surface area (Å²) >= 11 is 8.44.